The van der Waals surface area contributed by atoms with Gasteiger partial charge in [0.25, 0.3) is 10.0 Å². The van der Waals surface area contributed by atoms with Gasteiger partial charge in [-0.3, -0.25) is 4.79 Å². The molecule has 35 heavy (non-hydrogen) atoms. The number of methoxy groups -OCH3 is 1. The molecule has 2 unspecified atom stereocenters. The minimum absolute atomic E-state index is 0.0341. The fourth-order valence-electron chi connectivity index (χ4n) is 4.51. The second kappa shape index (κ2) is 9.67. The van der Waals surface area contributed by atoms with E-state index in [0.717, 1.165) is 15.3 Å². The van der Waals surface area contributed by atoms with Crippen LogP contribution in [0, 0.1) is 5.92 Å². The molecule has 6 nitrogen and oxygen atoms in total. The van der Waals surface area contributed by atoms with Crippen molar-refractivity contribution >= 4 is 49.8 Å². The Morgan fingerprint density at radius 1 is 1.26 bits per heavy atom. The maximum absolute atomic E-state index is 13.6. The molecule has 12 heteroatoms. The summed E-state index contributed by atoms with van der Waals surface area (Å²) >= 11 is 7.33. The van der Waals surface area contributed by atoms with E-state index in [1.54, 1.807) is 24.3 Å². The van der Waals surface area contributed by atoms with Crippen molar-refractivity contribution in [2.24, 2.45) is 5.92 Å². The quantitative estimate of drug-likeness (QED) is 0.364. The van der Waals surface area contributed by atoms with Crippen LogP contribution in [-0.2, 0) is 21.2 Å². The van der Waals surface area contributed by atoms with Crippen molar-refractivity contribution < 1.29 is 36.2 Å². The molecule has 1 aromatic carbocycles. The van der Waals surface area contributed by atoms with Gasteiger partial charge >= 0.3 is 12.1 Å². The second-order valence-corrected chi connectivity index (χ2v) is 12.3. The minimum atomic E-state index is -4.29. The summed E-state index contributed by atoms with van der Waals surface area (Å²) in [5.74, 6) is -2.31. The van der Waals surface area contributed by atoms with Crippen LogP contribution >= 0.6 is 22.9 Å². The number of hydrogen-bond acceptors (Lipinski definition) is 5. The molecule has 0 amide bonds. The van der Waals surface area contributed by atoms with E-state index in [1.165, 1.54) is 19.4 Å². The number of aliphatic carboxylic acids is 1. The number of carbonyl (C=O) groups is 1. The predicted octanol–water partition coefficient (Wildman–Crippen LogP) is 6.02. The number of fused-ring (bicyclic) bond motifs is 1. The summed E-state index contributed by atoms with van der Waals surface area (Å²) in [7, 11) is -2.57. The summed E-state index contributed by atoms with van der Waals surface area (Å²) in [6.45, 7) is 0. The Morgan fingerprint density at radius 2 is 2.00 bits per heavy atom. The van der Waals surface area contributed by atoms with Crippen LogP contribution in [0.25, 0.3) is 10.9 Å². The summed E-state index contributed by atoms with van der Waals surface area (Å²) < 4.78 is 72.8. The van der Waals surface area contributed by atoms with Crippen LogP contribution in [0.3, 0.4) is 0 Å². The highest BCUT2D eigenvalue weighted by Crippen LogP contribution is 2.47. The van der Waals surface area contributed by atoms with Crippen molar-refractivity contribution in [3.8, 4) is 5.75 Å². The normalized spacial score (nSPS) is 21.3. The van der Waals surface area contributed by atoms with Gasteiger partial charge in [-0.2, -0.15) is 21.6 Å². The lowest BCUT2D eigenvalue weighted by Gasteiger charge is -2.33. The van der Waals surface area contributed by atoms with Gasteiger partial charge in [0, 0.05) is 34.2 Å². The number of carboxylic acid groups (broad SMARTS) is 1. The Hall–Kier alpha value is -2.24. The number of aryl methyl sites for hydroxylation is 1. The van der Waals surface area contributed by atoms with E-state index in [4.69, 9.17) is 21.4 Å². The Labute approximate surface area is 209 Å². The number of benzene rings is 1. The van der Waals surface area contributed by atoms with Gasteiger partial charge in [-0.25, -0.2) is 3.97 Å². The van der Waals surface area contributed by atoms with Crippen molar-refractivity contribution in [3.63, 3.8) is 0 Å². The molecule has 1 N–H and O–H groups in total. The third-order valence-electron chi connectivity index (χ3n) is 6.38. The predicted molar refractivity (Wildman–Crippen MR) is 127 cm³/mol. The van der Waals surface area contributed by atoms with Crippen LogP contribution in [0.15, 0.2) is 40.7 Å². The largest absolute Gasteiger partial charge is 0.497 e. The third kappa shape index (κ3) is 5.17. The molecule has 1 fully saturated rings. The van der Waals surface area contributed by atoms with E-state index in [0.29, 0.717) is 27.1 Å². The lowest BCUT2D eigenvalue weighted by molar-refractivity contribution is -0.182. The summed E-state index contributed by atoms with van der Waals surface area (Å²) in [4.78, 5) is 11.7. The van der Waals surface area contributed by atoms with E-state index >= 15 is 0 Å². The van der Waals surface area contributed by atoms with E-state index < -0.39 is 33.5 Å². The highest BCUT2D eigenvalue weighted by Gasteiger charge is 2.45. The number of thiophene rings is 1. The third-order valence-corrected chi connectivity index (χ3v) is 10.2. The molecule has 0 saturated heterocycles. The smallest absolute Gasteiger partial charge is 0.391 e. The molecule has 0 spiro atoms. The number of alkyl halides is 4. The lowest BCUT2D eigenvalue weighted by Crippen LogP contribution is -2.32. The Morgan fingerprint density at radius 3 is 2.63 bits per heavy atom. The zero-order valence-corrected chi connectivity index (χ0v) is 21.0. The van der Waals surface area contributed by atoms with Crippen LogP contribution < -0.4 is 4.74 Å². The first-order valence-corrected chi connectivity index (χ1v) is 13.6. The molecule has 4 rings (SSSR count). The van der Waals surface area contributed by atoms with Gasteiger partial charge in [0.2, 0.25) is 0 Å². The molecule has 190 valence electrons. The van der Waals surface area contributed by atoms with Crippen LogP contribution in [0.1, 0.15) is 42.0 Å². The average Bonchev–Trinajstić information content (AvgIpc) is 3.42. The molecule has 3 aromatic rings. The fraction of sp³-hybridized carbons (Fsp3) is 0.435. The summed E-state index contributed by atoms with van der Waals surface area (Å²) in [6, 6.07) is 7.94. The number of rotatable bonds is 7. The van der Waals surface area contributed by atoms with Crippen molar-refractivity contribution in [2.75, 3.05) is 7.11 Å². The number of ether oxygens (including phenoxy) is 1. The SMILES string of the molecule is COc1ccc2c(c1)c(CCC(=O)O)cn2S(=O)(=O)c1ccc(C2CCC(C(F)(F)F)C[C@H]2Cl)s1. The number of halogens is 4. The Kier molecular flexibility index (Phi) is 7.14. The van der Waals surface area contributed by atoms with E-state index in [2.05, 4.69) is 0 Å². The molecule has 0 aliphatic heterocycles. The van der Waals surface area contributed by atoms with Crippen LogP contribution in [0.4, 0.5) is 13.2 Å². The summed E-state index contributed by atoms with van der Waals surface area (Å²) in [5.41, 5.74) is 0.926. The van der Waals surface area contributed by atoms with Crippen LogP contribution in [-0.4, -0.2) is 42.1 Å². The number of nitrogens with zero attached hydrogens (tertiary/aromatic N) is 1. The minimum Gasteiger partial charge on any atom is -0.497 e. The van der Waals surface area contributed by atoms with Gasteiger partial charge in [0.05, 0.1) is 18.5 Å². The van der Waals surface area contributed by atoms with Gasteiger partial charge < -0.3 is 9.84 Å². The van der Waals surface area contributed by atoms with Gasteiger partial charge in [0.15, 0.2) is 0 Å². The zero-order valence-electron chi connectivity index (χ0n) is 18.6. The maximum Gasteiger partial charge on any atom is 0.391 e. The lowest BCUT2D eigenvalue weighted by atomic mass is 9.80. The fourth-order valence-corrected chi connectivity index (χ4v) is 8.07. The monoisotopic (exact) mass is 549 g/mol. The molecule has 2 heterocycles. The molecule has 1 aliphatic carbocycles. The Bertz CT molecular complexity index is 1350. The number of carboxylic acids is 1. The summed E-state index contributed by atoms with van der Waals surface area (Å²) in [5, 5.41) is 8.90. The number of hydrogen-bond donors (Lipinski definition) is 1. The standard InChI is InChI=1S/C23H23ClF3NO5S2/c1-33-15-4-6-19-17(11-15)13(2-8-21(29)30)12-28(19)35(31,32)22-9-7-20(34-22)16-5-3-14(10-18(16)24)23(25,26)27/h4,6-7,9,11-12,14,16,18H,2-3,5,8,10H2,1H3,(H,29,30)/t14?,16?,18-/m1/s1. The maximum atomic E-state index is 13.6. The van der Waals surface area contributed by atoms with Crippen molar-refractivity contribution in [3.05, 3.63) is 47.0 Å². The highest BCUT2D eigenvalue weighted by atomic mass is 35.5. The van der Waals surface area contributed by atoms with E-state index in [-0.39, 0.29) is 42.2 Å². The molecule has 0 bridgehead atoms. The van der Waals surface area contributed by atoms with Crippen LogP contribution in [0.2, 0.25) is 0 Å². The van der Waals surface area contributed by atoms with Crippen LogP contribution in [0.5, 0.6) is 5.75 Å². The first kappa shape index (κ1) is 25.8. The van der Waals surface area contributed by atoms with Gasteiger partial charge in [-0.15, -0.1) is 22.9 Å². The van der Waals surface area contributed by atoms with Crippen molar-refractivity contribution in [2.45, 2.75) is 53.8 Å². The second-order valence-electron chi connectivity index (χ2n) is 8.56. The first-order chi connectivity index (χ1) is 16.4. The first-order valence-electron chi connectivity index (χ1n) is 10.9. The van der Waals surface area contributed by atoms with Gasteiger partial charge in [-0.05, 0) is 61.6 Å². The van der Waals surface area contributed by atoms with Crippen molar-refractivity contribution in [1.82, 2.24) is 3.97 Å². The topological polar surface area (TPSA) is 85.6 Å². The van der Waals surface area contributed by atoms with Gasteiger partial charge in [0.1, 0.15) is 9.96 Å². The van der Waals surface area contributed by atoms with Gasteiger partial charge in [-0.1, -0.05) is 0 Å². The highest BCUT2D eigenvalue weighted by molar-refractivity contribution is 7.92. The molecular formula is C23H23ClF3NO5S2. The Balaban J connectivity index is 1.67. The molecule has 3 atom stereocenters. The zero-order chi connectivity index (χ0) is 25.5. The average molecular weight is 550 g/mol. The number of aromatic nitrogens is 1. The molecule has 0 radical (unpaired) electrons. The molecule has 1 saturated carbocycles. The summed E-state index contributed by atoms with van der Waals surface area (Å²) in [6.07, 6.45) is -2.94. The van der Waals surface area contributed by atoms with E-state index in [1.807, 2.05) is 0 Å². The van der Waals surface area contributed by atoms with Crippen molar-refractivity contribution in [1.29, 1.82) is 0 Å². The molecule has 1 aliphatic rings. The molecule has 2 aromatic heterocycles. The molecular weight excluding hydrogens is 527 g/mol. The van der Waals surface area contributed by atoms with E-state index in [9.17, 15) is 26.4 Å².